The Balaban J connectivity index is -0.0000000182. The minimum atomic E-state index is 0. The molecule has 0 aliphatic rings. The Hall–Kier alpha value is 1.75. The van der Waals surface area contributed by atoms with E-state index in [0.29, 0.717) is 0 Å². The van der Waals surface area contributed by atoms with Crippen molar-refractivity contribution in [1.82, 2.24) is 0 Å². The monoisotopic (exact) mass is 342 g/mol. The van der Waals surface area contributed by atoms with E-state index in [1.54, 1.807) is 0 Å². The normalized spacial score (nSPS) is 6.35. The van der Waals surface area contributed by atoms with Gasteiger partial charge in [0.05, 0.1) is 0 Å². The van der Waals surface area contributed by atoms with E-state index in [4.69, 9.17) is 0 Å². The van der Waals surface area contributed by atoms with E-state index < -0.39 is 0 Å². The molecule has 0 heterocycles. The minimum absolute atomic E-state index is 0. The molecular formula is C12H38S5. The van der Waals surface area contributed by atoms with E-state index in [2.05, 4.69) is 27.7 Å². The topological polar surface area (TPSA) is 0 Å². The van der Waals surface area contributed by atoms with Gasteiger partial charge in [0.1, 0.15) is 0 Å². The summed E-state index contributed by atoms with van der Waals surface area (Å²) in [6.07, 6.45) is 11.1. The second kappa shape index (κ2) is 52.4. The lowest BCUT2D eigenvalue weighted by atomic mass is 10.2. The Morgan fingerprint density at radius 3 is 0.529 bits per heavy atom. The molecule has 0 bridgehead atoms. The lowest BCUT2D eigenvalue weighted by Crippen LogP contribution is -1.66. The summed E-state index contributed by atoms with van der Waals surface area (Å²) >= 11 is 0. The van der Waals surface area contributed by atoms with Crippen LogP contribution in [-0.2, 0) is 0 Å². The molecule has 0 saturated carbocycles. The highest BCUT2D eigenvalue weighted by Crippen LogP contribution is 1.95. The fourth-order valence-corrected chi connectivity index (χ4v) is 1.000. The third kappa shape index (κ3) is 73.3. The third-order valence-electron chi connectivity index (χ3n) is 1.91. The van der Waals surface area contributed by atoms with Crippen LogP contribution >= 0.6 is 67.5 Å². The molecule has 0 aliphatic carbocycles. The molecule has 0 aromatic heterocycles. The van der Waals surface area contributed by atoms with E-state index in [1.807, 2.05) is 0 Å². The molecule has 0 aliphatic heterocycles. The van der Waals surface area contributed by atoms with Crippen LogP contribution in [0.2, 0.25) is 0 Å². The highest BCUT2D eigenvalue weighted by molar-refractivity contribution is 7.60. The second-order valence-corrected chi connectivity index (χ2v) is 3.41. The van der Waals surface area contributed by atoms with Crippen molar-refractivity contribution in [2.24, 2.45) is 0 Å². The molecule has 0 aromatic rings. The van der Waals surface area contributed by atoms with Crippen molar-refractivity contribution in [2.45, 2.75) is 79.1 Å². The second-order valence-electron chi connectivity index (χ2n) is 3.41. The van der Waals surface area contributed by atoms with Gasteiger partial charge in [-0.25, -0.2) is 0 Å². The standard InChI is InChI=1S/2C6H14.5H2S/c2*1-3-5-6-4-2;;;;;/h2*3-6H2,1-2H3;5*1H2. The molecule has 0 aromatic carbocycles. The first-order chi connectivity index (χ1) is 5.83. The Morgan fingerprint density at radius 1 is 0.353 bits per heavy atom. The average Bonchev–Trinajstić information content (AvgIpc) is 2.12. The van der Waals surface area contributed by atoms with Gasteiger partial charge in [0.15, 0.2) is 0 Å². The van der Waals surface area contributed by atoms with E-state index in [9.17, 15) is 0 Å². The van der Waals surface area contributed by atoms with E-state index >= 15 is 0 Å². The van der Waals surface area contributed by atoms with Crippen LogP contribution in [0.15, 0.2) is 0 Å². The first kappa shape index (κ1) is 42.8. The highest BCUT2D eigenvalue weighted by Gasteiger charge is 1.75. The van der Waals surface area contributed by atoms with Crippen LogP contribution in [0.1, 0.15) is 79.1 Å². The summed E-state index contributed by atoms with van der Waals surface area (Å²) in [7, 11) is 0. The lowest BCUT2D eigenvalue weighted by molar-refractivity contribution is 0.702. The molecule has 17 heavy (non-hydrogen) atoms. The maximum atomic E-state index is 2.23. The summed E-state index contributed by atoms with van der Waals surface area (Å²) in [6.45, 7) is 8.93. The number of hydrogen-bond donors (Lipinski definition) is 0. The summed E-state index contributed by atoms with van der Waals surface area (Å²) in [6, 6.07) is 0. The molecule has 0 atom stereocenters. The molecule has 0 N–H and O–H groups in total. The molecular weight excluding hydrogens is 304 g/mol. The van der Waals surface area contributed by atoms with Crippen molar-refractivity contribution in [3.63, 3.8) is 0 Å². The van der Waals surface area contributed by atoms with Crippen LogP contribution in [0.25, 0.3) is 0 Å². The summed E-state index contributed by atoms with van der Waals surface area (Å²) < 4.78 is 0. The number of unbranched alkanes of at least 4 members (excludes halogenated alkanes) is 6. The summed E-state index contributed by atoms with van der Waals surface area (Å²) in [5.41, 5.74) is 0. The van der Waals surface area contributed by atoms with Gasteiger partial charge >= 0.3 is 0 Å². The fourth-order valence-electron chi connectivity index (χ4n) is 1.000. The van der Waals surface area contributed by atoms with Crippen molar-refractivity contribution < 1.29 is 0 Å². The molecule has 0 fully saturated rings. The van der Waals surface area contributed by atoms with Gasteiger partial charge < -0.3 is 0 Å². The molecule has 0 radical (unpaired) electrons. The van der Waals surface area contributed by atoms with Crippen molar-refractivity contribution >= 4 is 67.5 Å². The van der Waals surface area contributed by atoms with Gasteiger partial charge in [0, 0.05) is 0 Å². The van der Waals surface area contributed by atoms with Gasteiger partial charge in [-0.05, 0) is 0 Å². The van der Waals surface area contributed by atoms with Gasteiger partial charge in [-0.1, -0.05) is 79.1 Å². The van der Waals surface area contributed by atoms with Crippen LogP contribution < -0.4 is 0 Å². The van der Waals surface area contributed by atoms with E-state index in [-0.39, 0.29) is 67.5 Å². The van der Waals surface area contributed by atoms with Gasteiger partial charge in [0.25, 0.3) is 0 Å². The zero-order valence-corrected chi connectivity index (χ0v) is 17.2. The first-order valence-corrected chi connectivity index (χ1v) is 5.83. The van der Waals surface area contributed by atoms with Gasteiger partial charge in [0.2, 0.25) is 0 Å². The molecule has 0 nitrogen and oxygen atoms in total. The van der Waals surface area contributed by atoms with E-state index in [1.165, 1.54) is 51.4 Å². The Labute approximate surface area is 146 Å². The van der Waals surface area contributed by atoms with Crippen LogP contribution in [0.3, 0.4) is 0 Å². The predicted octanol–water partition coefficient (Wildman–Crippen LogP) is 5.74. The van der Waals surface area contributed by atoms with Crippen molar-refractivity contribution in [3.05, 3.63) is 0 Å². The smallest absolute Gasteiger partial charge is 0.0536 e. The molecule has 116 valence electrons. The number of hydrogen-bond acceptors (Lipinski definition) is 0. The predicted molar refractivity (Wildman–Crippen MR) is 112 cm³/mol. The van der Waals surface area contributed by atoms with Crippen LogP contribution in [0, 0.1) is 0 Å². The lowest BCUT2D eigenvalue weighted by Gasteiger charge is -1.86. The third-order valence-corrected chi connectivity index (χ3v) is 1.91. The molecule has 0 amide bonds. The van der Waals surface area contributed by atoms with Crippen LogP contribution in [0.5, 0.6) is 0 Å². The van der Waals surface area contributed by atoms with E-state index in [0.717, 1.165) is 0 Å². The molecule has 0 unspecified atom stereocenters. The summed E-state index contributed by atoms with van der Waals surface area (Å²) in [5, 5.41) is 0. The van der Waals surface area contributed by atoms with Crippen LogP contribution in [-0.4, -0.2) is 0 Å². The molecule has 5 heteroatoms. The highest BCUT2D eigenvalue weighted by atomic mass is 32.1. The largest absolute Gasteiger partial charge is 0.197 e. The van der Waals surface area contributed by atoms with Gasteiger partial charge in [-0.2, -0.15) is 67.5 Å². The summed E-state index contributed by atoms with van der Waals surface area (Å²) in [5.74, 6) is 0. The first-order valence-electron chi connectivity index (χ1n) is 5.83. The Morgan fingerprint density at radius 2 is 0.471 bits per heavy atom. The maximum Gasteiger partial charge on any atom is -0.0536 e. The van der Waals surface area contributed by atoms with Gasteiger partial charge in [-0.15, -0.1) is 0 Å². The zero-order valence-electron chi connectivity index (χ0n) is 12.2. The van der Waals surface area contributed by atoms with Crippen molar-refractivity contribution in [2.75, 3.05) is 0 Å². The number of rotatable bonds is 6. The Bertz CT molecular complexity index is 46.9. The maximum absolute atomic E-state index is 2.23. The zero-order chi connectivity index (χ0) is 9.66. The molecule has 0 rings (SSSR count). The summed E-state index contributed by atoms with van der Waals surface area (Å²) in [4.78, 5) is 0. The van der Waals surface area contributed by atoms with Gasteiger partial charge in [-0.3, -0.25) is 0 Å². The van der Waals surface area contributed by atoms with Crippen molar-refractivity contribution in [1.29, 1.82) is 0 Å². The molecule has 0 saturated heterocycles. The quantitative estimate of drug-likeness (QED) is 0.540. The SMILES string of the molecule is CCCCCC.CCCCCC.S.S.S.S.S. The fraction of sp³-hybridized carbons (Fsp3) is 1.00. The van der Waals surface area contributed by atoms with Crippen molar-refractivity contribution in [3.8, 4) is 0 Å². The minimum Gasteiger partial charge on any atom is -0.197 e. The van der Waals surface area contributed by atoms with Crippen LogP contribution in [0.4, 0.5) is 0 Å². The molecule has 0 spiro atoms. The average molecular weight is 343 g/mol. The Kier molecular flexibility index (Phi) is 132.